The van der Waals surface area contributed by atoms with E-state index in [9.17, 15) is 0 Å². The van der Waals surface area contributed by atoms with Gasteiger partial charge in [-0.2, -0.15) is 0 Å². The van der Waals surface area contributed by atoms with Gasteiger partial charge in [-0.05, 0) is 38.3 Å². The van der Waals surface area contributed by atoms with E-state index in [1.165, 1.54) is 51.6 Å². The Morgan fingerprint density at radius 1 is 1.40 bits per heavy atom. The minimum absolute atomic E-state index is 0.376. The molecule has 0 aromatic heterocycles. The summed E-state index contributed by atoms with van der Waals surface area (Å²) in [5, 5.41) is 0. The lowest BCUT2D eigenvalue weighted by Crippen LogP contribution is -2.43. The summed E-state index contributed by atoms with van der Waals surface area (Å²) in [5.74, 6) is 0. The van der Waals surface area contributed by atoms with E-state index in [2.05, 4.69) is 25.8 Å². The molecular formula is C13H28N2. The minimum Gasteiger partial charge on any atom is -0.327 e. The van der Waals surface area contributed by atoms with E-state index in [1.54, 1.807) is 0 Å². The Labute approximate surface area is 95.2 Å². The van der Waals surface area contributed by atoms with Crippen LogP contribution < -0.4 is 5.73 Å². The third-order valence-corrected chi connectivity index (χ3v) is 3.93. The summed E-state index contributed by atoms with van der Waals surface area (Å²) in [4.78, 5) is 2.47. The molecule has 2 N–H and O–H groups in total. The van der Waals surface area contributed by atoms with Gasteiger partial charge in [0.15, 0.2) is 0 Å². The minimum atomic E-state index is 0.376. The fourth-order valence-corrected chi connectivity index (χ4v) is 2.78. The largest absolute Gasteiger partial charge is 0.327 e. The summed E-state index contributed by atoms with van der Waals surface area (Å²) in [6, 6.07) is 0.422. The van der Waals surface area contributed by atoms with Gasteiger partial charge in [0.25, 0.3) is 0 Å². The van der Waals surface area contributed by atoms with Crippen molar-refractivity contribution in [2.45, 2.75) is 58.4 Å². The zero-order valence-corrected chi connectivity index (χ0v) is 10.8. The summed E-state index contributed by atoms with van der Waals surface area (Å²) < 4.78 is 0. The summed E-state index contributed by atoms with van der Waals surface area (Å²) in [5.41, 5.74) is 6.57. The fraction of sp³-hybridized carbons (Fsp3) is 1.00. The number of hydrogen-bond donors (Lipinski definition) is 1. The summed E-state index contributed by atoms with van der Waals surface area (Å²) in [6.45, 7) is 7.03. The monoisotopic (exact) mass is 212 g/mol. The van der Waals surface area contributed by atoms with Crippen molar-refractivity contribution in [2.75, 3.05) is 20.1 Å². The molecule has 0 bridgehead atoms. The molecule has 0 saturated heterocycles. The van der Waals surface area contributed by atoms with Gasteiger partial charge in [0, 0.05) is 12.6 Å². The van der Waals surface area contributed by atoms with Crippen molar-refractivity contribution in [2.24, 2.45) is 11.1 Å². The van der Waals surface area contributed by atoms with Crippen molar-refractivity contribution in [3.63, 3.8) is 0 Å². The van der Waals surface area contributed by atoms with Crippen LogP contribution in [0, 0.1) is 5.41 Å². The van der Waals surface area contributed by atoms with Gasteiger partial charge in [-0.25, -0.2) is 0 Å². The molecule has 2 atom stereocenters. The molecule has 0 heterocycles. The Bertz CT molecular complexity index is 181. The molecule has 1 rings (SSSR count). The Balaban J connectivity index is 2.27. The molecular weight excluding hydrogens is 184 g/mol. The van der Waals surface area contributed by atoms with Gasteiger partial charge >= 0.3 is 0 Å². The molecule has 15 heavy (non-hydrogen) atoms. The maximum atomic E-state index is 6.19. The SMILES string of the molecule is CCCCCN(C)CC1(C)CCCC1N. The quantitative estimate of drug-likeness (QED) is 0.686. The third kappa shape index (κ3) is 3.76. The first-order valence-electron chi connectivity index (χ1n) is 6.52. The van der Waals surface area contributed by atoms with Gasteiger partial charge in [0.1, 0.15) is 0 Å². The molecule has 2 nitrogen and oxygen atoms in total. The zero-order chi connectivity index (χ0) is 11.3. The zero-order valence-electron chi connectivity index (χ0n) is 10.8. The van der Waals surface area contributed by atoms with E-state index in [1.807, 2.05) is 0 Å². The van der Waals surface area contributed by atoms with E-state index in [-0.39, 0.29) is 0 Å². The van der Waals surface area contributed by atoms with Gasteiger partial charge in [0.05, 0.1) is 0 Å². The van der Waals surface area contributed by atoms with Crippen molar-refractivity contribution >= 4 is 0 Å². The molecule has 0 amide bonds. The van der Waals surface area contributed by atoms with E-state index in [0.29, 0.717) is 11.5 Å². The first kappa shape index (κ1) is 13.0. The van der Waals surface area contributed by atoms with Gasteiger partial charge < -0.3 is 10.6 Å². The predicted octanol–water partition coefficient (Wildman–Crippen LogP) is 2.63. The van der Waals surface area contributed by atoms with E-state index < -0.39 is 0 Å². The first-order valence-corrected chi connectivity index (χ1v) is 6.52. The molecule has 1 aliphatic carbocycles. The van der Waals surface area contributed by atoms with Crippen LogP contribution in [0.4, 0.5) is 0 Å². The fourth-order valence-electron chi connectivity index (χ4n) is 2.78. The van der Waals surface area contributed by atoms with Crippen LogP contribution in [0.25, 0.3) is 0 Å². The van der Waals surface area contributed by atoms with Crippen LogP contribution in [-0.4, -0.2) is 31.1 Å². The number of unbranched alkanes of at least 4 members (excludes halogenated alkanes) is 2. The summed E-state index contributed by atoms with van der Waals surface area (Å²) >= 11 is 0. The molecule has 0 radical (unpaired) electrons. The molecule has 1 aliphatic rings. The predicted molar refractivity (Wildman–Crippen MR) is 67.0 cm³/mol. The number of rotatable bonds is 6. The van der Waals surface area contributed by atoms with E-state index in [0.717, 1.165) is 0 Å². The van der Waals surface area contributed by atoms with Crippen LogP contribution in [-0.2, 0) is 0 Å². The molecule has 2 unspecified atom stereocenters. The Hall–Kier alpha value is -0.0800. The van der Waals surface area contributed by atoms with Crippen LogP contribution in [0.5, 0.6) is 0 Å². The molecule has 1 fully saturated rings. The van der Waals surface area contributed by atoms with Crippen molar-refractivity contribution < 1.29 is 0 Å². The van der Waals surface area contributed by atoms with Crippen LogP contribution >= 0.6 is 0 Å². The molecule has 2 heteroatoms. The van der Waals surface area contributed by atoms with Crippen LogP contribution in [0.2, 0.25) is 0 Å². The average Bonchev–Trinajstić information content (AvgIpc) is 2.47. The average molecular weight is 212 g/mol. The molecule has 1 saturated carbocycles. The van der Waals surface area contributed by atoms with Crippen molar-refractivity contribution in [1.29, 1.82) is 0 Å². The van der Waals surface area contributed by atoms with Gasteiger partial charge in [0.2, 0.25) is 0 Å². The highest BCUT2D eigenvalue weighted by Crippen LogP contribution is 2.37. The van der Waals surface area contributed by atoms with Crippen LogP contribution in [0.3, 0.4) is 0 Å². The molecule has 0 aromatic carbocycles. The molecule has 0 spiro atoms. The van der Waals surface area contributed by atoms with Crippen LogP contribution in [0.15, 0.2) is 0 Å². The van der Waals surface area contributed by atoms with Crippen LogP contribution in [0.1, 0.15) is 52.4 Å². The topological polar surface area (TPSA) is 29.3 Å². The van der Waals surface area contributed by atoms with Gasteiger partial charge in [-0.15, -0.1) is 0 Å². The maximum absolute atomic E-state index is 6.19. The number of hydrogen-bond acceptors (Lipinski definition) is 2. The number of nitrogens with zero attached hydrogens (tertiary/aromatic N) is 1. The molecule has 0 aromatic rings. The molecule has 90 valence electrons. The summed E-state index contributed by atoms with van der Waals surface area (Å²) in [7, 11) is 2.24. The first-order chi connectivity index (χ1) is 7.08. The van der Waals surface area contributed by atoms with Gasteiger partial charge in [-0.1, -0.05) is 33.1 Å². The highest BCUT2D eigenvalue weighted by Gasteiger charge is 2.36. The third-order valence-electron chi connectivity index (χ3n) is 3.93. The van der Waals surface area contributed by atoms with Crippen molar-refractivity contribution in [3.8, 4) is 0 Å². The highest BCUT2D eigenvalue weighted by molar-refractivity contribution is 4.93. The van der Waals surface area contributed by atoms with E-state index >= 15 is 0 Å². The van der Waals surface area contributed by atoms with Crippen molar-refractivity contribution in [3.05, 3.63) is 0 Å². The Kier molecular flexibility index (Phi) is 5.07. The Morgan fingerprint density at radius 2 is 2.13 bits per heavy atom. The highest BCUT2D eigenvalue weighted by atomic mass is 15.1. The second kappa shape index (κ2) is 5.86. The standard InChI is InChI=1S/C13H28N2/c1-4-5-6-10-15(3)11-13(2)9-7-8-12(13)14/h12H,4-11,14H2,1-3H3. The van der Waals surface area contributed by atoms with Gasteiger partial charge in [-0.3, -0.25) is 0 Å². The smallest absolute Gasteiger partial charge is 0.0105 e. The second-order valence-corrected chi connectivity index (χ2v) is 5.60. The summed E-state index contributed by atoms with van der Waals surface area (Å²) in [6.07, 6.45) is 7.85. The molecule has 0 aliphatic heterocycles. The van der Waals surface area contributed by atoms with Crippen molar-refractivity contribution in [1.82, 2.24) is 4.90 Å². The van der Waals surface area contributed by atoms with E-state index in [4.69, 9.17) is 5.73 Å². The lowest BCUT2D eigenvalue weighted by molar-refractivity contribution is 0.176. The lowest BCUT2D eigenvalue weighted by atomic mass is 9.84. The maximum Gasteiger partial charge on any atom is 0.0105 e. The Morgan fingerprint density at radius 3 is 2.67 bits per heavy atom. The lowest BCUT2D eigenvalue weighted by Gasteiger charge is -2.33. The second-order valence-electron chi connectivity index (χ2n) is 5.60. The number of nitrogens with two attached hydrogens (primary N) is 1. The normalized spacial score (nSPS) is 31.4.